The molecule has 2 N–H and O–H groups in total. The van der Waals surface area contributed by atoms with Gasteiger partial charge < -0.3 is 10.6 Å². The third-order valence-electron chi connectivity index (χ3n) is 3.53. The first-order valence-corrected chi connectivity index (χ1v) is 6.57. The summed E-state index contributed by atoms with van der Waals surface area (Å²) < 4.78 is 0. The molecule has 0 spiro atoms. The minimum atomic E-state index is -0.465. The summed E-state index contributed by atoms with van der Waals surface area (Å²) in [4.78, 5) is 9.85. The number of rotatable bonds is 2. The number of nitrogens with one attached hydrogen (secondary N) is 2. The Labute approximate surface area is 118 Å². The van der Waals surface area contributed by atoms with Crippen molar-refractivity contribution in [3.8, 4) is 11.1 Å². The lowest BCUT2D eigenvalue weighted by molar-refractivity contribution is -0.420. The van der Waals surface area contributed by atoms with Crippen molar-refractivity contribution in [2.24, 2.45) is 0 Å². The predicted octanol–water partition coefficient (Wildman–Crippen LogP) is 2.40. The summed E-state index contributed by atoms with van der Waals surface area (Å²) in [5, 5.41) is 16.0. The lowest BCUT2D eigenvalue weighted by atomic mass is 10.3. The van der Waals surface area contributed by atoms with Crippen molar-refractivity contribution in [2.45, 2.75) is 20.8 Å². The molecule has 20 heavy (non-hydrogen) atoms. The number of nitro groups is 1. The van der Waals surface area contributed by atoms with Crippen LogP contribution >= 0.6 is 0 Å². The molecule has 0 radical (unpaired) electrons. The Balaban J connectivity index is 0.000000149. The summed E-state index contributed by atoms with van der Waals surface area (Å²) in [7, 11) is 0. The summed E-state index contributed by atoms with van der Waals surface area (Å²) >= 11 is 0. The fraction of sp³-hybridized carbons (Fsp3) is 0.333. The monoisotopic (exact) mass is 273 g/mol. The number of aryl methyl sites for hydroxylation is 3. The van der Waals surface area contributed by atoms with Gasteiger partial charge in [0.1, 0.15) is 0 Å². The van der Waals surface area contributed by atoms with Gasteiger partial charge in [0.2, 0.25) is 0 Å². The van der Waals surface area contributed by atoms with E-state index in [9.17, 15) is 10.1 Å². The van der Waals surface area contributed by atoms with Gasteiger partial charge in [0.25, 0.3) is 0 Å². The molecule has 3 aliphatic rings. The second-order valence-corrected chi connectivity index (χ2v) is 4.96. The van der Waals surface area contributed by atoms with Crippen LogP contribution in [-0.4, -0.2) is 18.0 Å². The van der Waals surface area contributed by atoms with Crippen molar-refractivity contribution < 1.29 is 4.92 Å². The van der Waals surface area contributed by atoms with E-state index in [1.54, 1.807) is 0 Å². The van der Waals surface area contributed by atoms with E-state index in [0.717, 1.165) is 13.1 Å². The van der Waals surface area contributed by atoms with Crippen LogP contribution in [0.3, 0.4) is 0 Å². The zero-order valence-electron chi connectivity index (χ0n) is 12.0. The highest BCUT2D eigenvalue weighted by atomic mass is 16.6. The van der Waals surface area contributed by atoms with Crippen molar-refractivity contribution in [1.82, 2.24) is 10.6 Å². The minimum Gasteiger partial charge on any atom is -0.364 e. The molecule has 1 saturated heterocycles. The van der Waals surface area contributed by atoms with Gasteiger partial charge in [-0.1, -0.05) is 12.6 Å². The Morgan fingerprint density at radius 2 is 1.75 bits per heavy atom. The van der Waals surface area contributed by atoms with Gasteiger partial charge in [0.15, 0.2) is 5.82 Å². The maximum Gasteiger partial charge on any atom is 0.308 e. The topological polar surface area (TPSA) is 67.2 Å². The molecule has 0 unspecified atom stereocenters. The summed E-state index contributed by atoms with van der Waals surface area (Å²) in [5.41, 5.74) is 7.51. The van der Waals surface area contributed by atoms with E-state index < -0.39 is 4.92 Å². The lowest BCUT2D eigenvalue weighted by Crippen LogP contribution is -2.16. The van der Waals surface area contributed by atoms with Gasteiger partial charge in [0.05, 0.1) is 4.92 Å². The molecule has 5 heteroatoms. The Hall–Kier alpha value is -2.30. The molecule has 1 fully saturated rings. The van der Waals surface area contributed by atoms with Gasteiger partial charge in [-0.25, -0.2) is 0 Å². The summed E-state index contributed by atoms with van der Waals surface area (Å²) in [6.07, 6.45) is 1.22. The molecule has 0 aromatic rings. The van der Waals surface area contributed by atoms with Gasteiger partial charge in [0, 0.05) is 19.2 Å². The summed E-state index contributed by atoms with van der Waals surface area (Å²) in [6, 6.07) is 2.26. The van der Waals surface area contributed by atoms with E-state index >= 15 is 0 Å². The van der Waals surface area contributed by atoms with Crippen molar-refractivity contribution in [3.63, 3.8) is 0 Å². The molecule has 1 aliphatic heterocycles. The van der Waals surface area contributed by atoms with E-state index in [1.807, 2.05) is 0 Å². The summed E-state index contributed by atoms with van der Waals surface area (Å²) in [6.45, 7) is 11.4. The maximum atomic E-state index is 10.3. The molecule has 0 atom stereocenters. The van der Waals surface area contributed by atoms with Gasteiger partial charge in [-0.15, -0.1) is 0 Å². The smallest absolute Gasteiger partial charge is 0.308 e. The number of hydrogen-bond acceptors (Lipinski definition) is 4. The van der Waals surface area contributed by atoms with E-state index in [1.165, 1.54) is 33.9 Å². The summed E-state index contributed by atoms with van der Waals surface area (Å²) in [5.74, 6) is 0.463. The highest BCUT2D eigenvalue weighted by Gasteiger charge is 2.25. The average Bonchev–Trinajstić information content (AvgIpc) is 2.75. The van der Waals surface area contributed by atoms with Crippen molar-refractivity contribution >= 4 is 0 Å². The first-order chi connectivity index (χ1) is 9.47. The normalized spacial score (nSPS) is 13.7. The Kier molecular flexibility index (Phi) is 3.79. The van der Waals surface area contributed by atoms with E-state index in [2.05, 4.69) is 44.1 Å². The second kappa shape index (κ2) is 5.36. The molecule has 0 aromatic heterocycles. The highest BCUT2D eigenvalue weighted by molar-refractivity contribution is 5.94. The molecule has 2 aliphatic carbocycles. The largest absolute Gasteiger partial charge is 0.364 e. The number of nitrogens with zero attached hydrogens (tertiary/aromatic N) is 1. The molecular weight excluding hydrogens is 254 g/mol. The fourth-order valence-electron chi connectivity index (χ4n) is 2.62. The number of allylic oxidation sites excluding steroid dienone is 1. The molecule has 0 amide bonds. The maximum absolute atomic E-state index is 10.3. The molecule has 0 bridgehead atoms. The van der Waals surface area contributed by atoms with Gasteiger partial charge in [-0.2, -0.15) is 0 Å². The molecule has 0 aromatic carbocycles. The SMILES string of the molecule is C=CC(=C1NCCN1)[N+](=O)[O-].Cc1cc(C)c2c(C)c1-2. The van der Waals surface area contributed by atoms with Crippen LogP contribution in [-0.2, 0) is 0 Å². The number of benzene rings is 1. The third-order valence-corrected chi connectivity index (χ3v) is 3.53. The van der Waals surface area contributed by atoms with Crippen molar-refractivity contribution in [2.75, 3.05) is 13.1 Å². The molecule has 106 valence electrons. The number of fused-ring (bicyclic) bond motifs is 1. The van der Waals surface area contributed by atoms with Crippen LogP contribution in [0.1, 0.15) is 16.7 Å². The fourth-order valence-corrected chi connectivity index (χ4v) is 2.62. The Morgan fingerprint density at radius 3 is 2.05 bits per heavy atom. The third kappa shape index (κ3) is 2.52. The Bertz CT molecular complexity index is 584. The van der Waals surface area contributed by atoms with Crippen LogP contribution in [0.5, 0.6) is 0 Å². The van der Waals surface area contributed by atoms with Crippen LogP contribution in [0.4, 0.5) is 0 Å². The zero-order chi connectivity index (χ0) is 14.9. The number of hydrogen-bond donors (Lipinski definition) is 2. The molecular formula is C15H19N3O2. The van der Waals surface area contributed by atoms with Crippen LogP contribution in [0.15, 0.2) is 30.2 Å². The zero-order valence-corrected chi connectivity index (χ0v) is 12.0. The molecule has 3 rings (SSSR count). The predicted molar refractivity (Wildman–Crippen MR) is 79.9 cm³/mol. The molecule has 1 heterocycles. The average molecular weight is 273 g/mol. The van der Waals surface area contributed by atoms with Gasteiger partial charge in [-0.3, -0.25) is 10.1 Å². The second-order valence-electron chi connectivity index (χ2n) is 4.96. The van der Waals surface area contributed by atoms with Crippen LogP contribution in [0, 0.1) is 30.9 Å². The molecule has 0 saturated carbocycles. The Morgan fingerprint density at radius 1 is 1.25 bits per heavy atom. The standard InChI is InChI=1S/C9H10.C6H9N3O2/c1-5-4-6(2)9-7(3)8(5)9;1-2-5(9(10)11)6-7-3-4-8-6/h4H,1-3H3;2,7-8H,1,3-4H2. The van der Waals surface area contributed by atoms with Crippen LogP contribution in [0.2, 0.25) is 0 Å². The quantitative estimate of drug-likeness (QED) is 0.651. The lowest BCUT2D eigenvalue weighted by Gasteiger charge is -1.97. The molecule has 5 nitrogen and oxygen atoms in total. The minimum absolute atomic E-state index is 0.00231. The van der Waals surface area contributed by atoms with E-state index in [0.29, 0.717) is 5.82 Å². The highest BCUT2D eigenvalue weighted by Crippen LogP contribution is 2.47. The van der Waals surface area contributed by atoms with Crippen molar-refractivity contribution in [3.05, 3.63) is 57.0 Å². The van der Waals surface area contributed by atoms with Crippen LogP contribution < -0.4 is 10.6 Å². The van der Waals surface area contributed by atoms with Crippen molar-refractivity contribution in [1.29, 1.82) is 0 Å². The van der Waals surface area contributed by atoms with Gasteiger partial charge >= 0.3 is 5.70 Å². The van der Waals surface area contributed by atoms with E-state index in [-0.39, 0.29) is 5.70 Å². The van der Waals surface area contributed by atoms with Gasteiger partial charge in [-0.05, 0) is 48.6 Å². The van der Waals surface area contributed by atoms with E-state index in [4.69, 9.17) is 0 Å². The first-order valence-electron chi connectivity index (χ1n) is 6.57. The first kappa shape index (κ1) is 14.1. The van der Waals surface area contributed by atoms with Crippen LogP contribution in [0.25, 0.3) is 11.1 Å².